The fourth-order valence-electron chi connectivity index (χ4n) is 3.62. The summed E-state index contributed by atoms with van der Waals surface area (Å²) in [4.78, 5) is 51.2. The van der Waals surface area contributed by atoms with Gasteiger partial charge in [0.25, 0.3) is 5.69 Å². The van der Waals surface area contributed by atoms with E-state index in [1.165, 1.54) is 24.3 Å². The van der Waals surface area contributed by atoms with Crippen LogP contribution in [0.3, 0.4) is 0 Å². The zero-order valence-corrected chi connectivity index (χ0v) is 18.1. The number of nitrogens with one attached hydrogen (secondary N) is 1. The highest BCUT2D eigenvalue weighted by atomic mass is 79.9. The van der Waals surface area contributed by atoms with Crippen LogP contribution in [0.5, 0.6) is 0 Å². The number of rotatable bonds is 5. The number of imide groups is 1. The lowest BCUT2D eigenvalue weighted by molar-refractivity contribution is -0.384. The third-order valence-corrected chi connectivity index (χ3v) is 5.72. The largest absolute Gasteiger partial charge is 0.329 e. The quantitative estimate of drug-likeness (QED) is 0.240. The van der Waals surface area contributed by atoms with Gasteiger partial charge in [0.05, 0.1) is 16.7 Å². The van der Waals surface area contributed by atoms with Crippen molar-refractivity contribution >= 4 is 45.0 Å². The molecule has 1 N–H and O–H groups in total. The monoisotopic (exact) mass is 493 g/mol. The number of benzene rings is 3. The second kappa shape index (κ2) is 8.72. The van der Waals surface area contributed by atoms with Crippen molar-refractivity contribution in [2.24, 2.45) is 5.92 Å². The van der Waals surface area contributed by atoms with Crippen LogP contribution in [-0.4, -0.2) is 22.6 Å². The summed E-state index contributed by atoms with van der Waals surface area (Å²) in [6.07, 6.45) is 0. The Morgan fingerprint density at radius 2 is 1.56 bits per heavy atom. The van der Waals surface area contributed by atoms with Gasteiger partial charge in [-0.1, -0.05) is 58.4 Å². The minimum atomic E-state index is -1.25. The Bertz CT molecular complexity index is 1200. The first kappa shape index (κ1) is 21.4. The van der Waals surface area contributed by atoms with Crippen LogP contribution in [0, 0.1) is 16.0 Å². The Morgan fingerprint density at radius 1 is 0.938 bits per heavy atom. The summed E-state index contributed by atoms with van der Waals surface area (Å²) >= 11 is 3.32. The second-order valence-electron chi connectivity index (χ2n) is 7.13. The van der Waals surface area contributed by atoms with Gasteiger partial charge < -0.3 is 5.32 Å². The number of nitro benzene ring substituents is 1. The molecule has 2 unspecified atom stereocenters. The average molecular weight is 494 g/mol. The van der Waals surface area contributed by atoms with Crippen LogP contribution in [0.25, 0.3) is 0 Å². The van der Waals surface area contributed by atoms with Crippen LogP contribution in [0.4, 0.5) is 16.2 Å². The van der Waals surface area contributed by atoms with E-state index in [9.17, 15) is 24.5 Å². The molecular formula is C23H16BrN3O5. The topological polar surface area (TPSA) is 110 Å². The van der Waals surface area contributed by atoms with E-state index in [4.69, 9.17) is 0 Å². The molecule has 0 radical (unpaired) electrons. The maximum absolute atomic E-state index is 13.5. The van der Waals surface area contributed by atoms with Crippen molar-refractivity contribution < 1.29 is 19.3 Å². The van der Waals surface area contributed by atoms with Crippen LogP contribution in [-0.2, 0) is 4.79 Å². The number of halogens is 1. The van der Waals surface area contributed by atoms with E-state index in [0.717, 1.165) is 9.37 Å². The van der Waals surface area contributed by atoms with E-state index in [0.29, 0.717) is 16.8 Å². The Labute approximate surface area is 191 Å². The molecule has 4 rings (SSSR count). The molecule has 8 nitrogen and oxygen atoms in total. The number of Topliss-reactive ketones (excluding diaryl/α,β-unsaturated/α-hetero) is 1. The average Bonchev–Trinajstić information content (AvgIpc) is 2.79. The second-order valence-corrected chi connectivity index (χ2v) is 8.05. The molecule has 32 heavy (non-hydrogen) atoms. The SMILES string of the molecule is O=C(c1ccc(Br)cc1)C1C(=O)N(c2ccccc2)C(=O)NC1c1ccc([N+](=O)[O-])cc1. The first-order chi connectivity index (χ1) is 15.4. The predicted molar refractivity (Wildman–Crippen MR) is 120 cm³/mol. The number of para-hydroxylation sites is 1. The van der Waals surface area contributed by atoms with E-state index in [1.807, 2.05) is 0 Å². The number of non-ortho nitro benzene ring substituents is 1. The molecule has 0 spiro atoms. The maximum Gasteiger partial charge on any atom is 0.329 e. The van der Waals surface area contributed by atoms with Crippen LogP contribution >= 0.6 is 15.9 Å². The van der Waals surface area contributed by atoms with Crippen LogP contribution in [0.1, 0.15) is 22.0 Å². The number of ketones is 1. The van der Waals surface area contributed by atoms with Crippen molar-refractivity contribution in [2.75, 3.05) is 4.90 Å². The number of hydrogen-bond donors (Lipinski definition) is 1. The fraction of sp³-hybridized carbons (Fsp3) is 0.0870. The molecule has 0 bridgehead atoms. The number of carbonyl (C=O) groups is 3. The molecule has 3 aromatic rings. The van der Waals surface area contributed by atoms with Gasteiger partial charge in [0.15, 0.2) is 5.78 Å². The number of hydrogen-bond acceptors (Lipinski definition) is 5. The smallest absolute Gasteiger partial charge is 0.329 e. The summed E-state index contributed by atoms with van der Waals surface area (Å²) in [5.41, 5.74) is 0.928. The Hall–Kier alpha value is -3.85. The molecule has 2 atom stereocenters. The lowest BCUT2D eigenvalue weighted by Gasteiger charge is -2.37. The minimum Gasteiger partial charge on any atom is -0.329 e. The van der Waals surface area contributed by atoms with E-state index >= 15 is 0 Å². The van der Waals surface area contributed by atoms with Gasteiger partial charge >= 0.3 is 6.03 Å². The normalized spacial score (nSPS) is 18.2. The van der Waals surface area contributed by atoms with Crippen molar-refractivity contribution in [2.45, 2.75) is 6.04 Å². The highest BCUT2D eigenvalue weighted by Crippen LogP contribution is 2.34. The molecule has 1 saturated heterocycles. The first-order valence-corrected chi connectivity index (χ1v) is 10.4. The molecule has 1 aliphatic heterocycles. The van der Waals surface area contributed by atoms with Crippen LogP contribution < -0.4 is 10.2 Å². The highest BCUT2D eigenvalue weighted by Gasteiger charge is 2.46. The Kier molecular flexibility index (Phi) is 5.83. The van der Waals surface area contributed by atoms with E-state index in [2.05, 4.69) is 21.2 Å². The molecule has 0 aliphatic carbocycles. The molecule has 1 fully saturated rings. The van der Waals surface area contributed by atoms with Gasteiger partial charge in [-0.25, -0.2) is 9.69 Å². The minimum absolute atomic E-state index is 0.135. The van der Waals surface area contributed by atoms with Gasteiger partial charge in [0, 0.05) is 22.2 Å². The van der Waals surface area contributed by atoms with Gasteiger partial charge in [0.1, 0.15) is 5.92 Å². The fourth-order valence-corrected chi connectivity index (χ4v) is 3.88. The Balaban J connectivity index is 1.78. The Morgan fingerprint density at radius 3 is 2.16 bits per heavy atom. The third kappa shape index (κ3) is 4.02. The molecule has 0 saturated carbocycles. The molecule has 3 amide bonds. The van der Waals surface area contributed by atoms with Crippen LogP contribution in [0.15, 0.2) is 83.3 Å². The zero-order valence-electron chi connectivity index (χ0n) is 16.5. The summed E-state index contributed by atoms with van der Waals surface area (Å²) in [5.74, 6) is -2.39. The van der Waals surface area contributed by atoms with Crippen LogP contribution in [0.2, 0.25) is 0 Å². The molecular weight excluding hydrogens is 478 g/mol. The molecule has 3 aromatic carbocycles. The van der Waals surface area contributed by atoms with Crippen molar-refractivity contribution in [1.82, 2.24) is 5.32 Å². The van der Waals surface area contributed by atoms with Gasteiger partial charge in [-0.2, -0.15) is 0 Å². The molecule has 1 heterocycles. The number of nitrogens with zero attached hydrogens (tertiary/aromatic N) is 2. The number of amides is 3. The summed E-state index contributed by atoms with van der Waals surface area (Å²) in [6.45, 7) is 0. The molecule has 9 heteroatoms. The van der Waals surface area contributed by atoms with E-state index in [-0.39, 0.29) is 5.69 Å². The van der Waals surface area contributed by atoms with Gasteiger partial charge in [0.2, 0.25) is 5.91 Å². The number of nitro groups is 1. The number of anilines is 1. The standard InChI is InChI=1S/C23H16BrN3O5/c24-16-10-6-15(7-11-16)21(28)19-20(14-8-12-18(13-9-14)27(31)32)25-23(30)26(22(19)29)17-4-2-1-3-5-17/h1-13,19-20H,(H,25,30). The third-order valence-electron chi connectivity index (χ3n) is 5.19. The van der Waals surface area contributed by atoms with Crippen molar-refractivity contribution in [1.29, 1.82) is 0 Å². The first-order valence-electron chi connectivity index (χ1n) is 9.60. The predicted octanol–water partition coefficient (Wildman–Crippen LogP) is 4.65. The summed E-state index contributed by atoms with van der Waals surface area (Å²) in [6, 6.07) is 18.7. The van der Waals surface area contributed by atoms with E-state index < -0.39 is 34.6 Å². The molecule has 160 valence electrons. The maximum atomic E-state index is 13.5. The van der Waals surface area contributed by atoms with E-state index in [1.54, 1.807) is 54.6 Å². The van der Waals surface area contributed by atoms with Gasteiger partial charge in [-0.3, -0.25) is 19.7 Å². The number of urea groups is 1. The zero-order chi connectivity index (χ0) is 22.8. The number of carbonyl (C=O) groups excluding carboxylic acids is 3. The molecule has 0 aromatic heterocycles. The van der Waals surface area contributed by atoms with Gasteiger partial charge in [-0.05, 0) is 29.8 Å². The lowest BCUT2D eigenvalue weighted by atomic mass is 9.84. The summed E-state index contributed by atoms with van der Waals surface area (Å²) in [7, 11) is 0. The summed E-state index contributed by atoms with van der Waals surface area (Å²) < 4.78 is 0.773. The lowest BCUT2D eigenvalue weighted by Crippen LogP contribution is -2.58. The highest BCUT2D eigenvalue weighted by molar-refractivity contribution is 9.10. The van der Waals surface area contributed by atoms with Crippen molar-refractivity contribution in [3.05, 3.63) is 105 Å². The van der Waals surface area contributed by atoms with Crippen molar-refractivity contribution in [3.8, 4) is 0 Å². The van der Waals surface area contributed by atoms with Gasteiger partial charge in [-0.15, -0.1) is 0 Å². The molecule has 1 aliphatic rings. The van der Waals surface area contributed by atoms with Crippen molar-refractivity contribution in [3.63, 3.8) is 0 Å². The summed E-state index contributed by atoms with van der Waals surface area (Å²) in [5, 5.41) is 13.7.